The van der Waals surface area contributed by atoms with E-state index < -0.39 is 0 Å². The summed E-state index contributed by atoms with van der Waals surface area (Å²) in [6, 6.07) is 11.7. The maximum absolute atomic E-state index is 12.4. The summed E-state index contributed by atoms with van der Waals surface area (Å²) in [5.41, 5.74) is 4.57. The molecule has 0 atom stereocenters. The van der Waals surface area contributed by atoms with Gasteiger partial charge in [-0.05, 0) is 45.9 Å². The second-order valence-corrected chi connectivity index (χ2v) is 5.91. The molecule has 0 spiro atoms. The Kier molecular flexibility index (Phi) is 4.25. The Morgan fingerprint density at radius 1 is 1.17 bits per heavy atom. The molecule has 0 aliphatic rings. The molecule has 5 nitrogen and oxygen atoms in total. The second-order valence-electron chi connectivity index (χ2n) is 5.91. The normalized spacial score (nSPS) is 10.8. The minimum Gasteiger partial charge on any atom is -0.466 e. The molecule has 0 bridgehead atoms. The molecule has 0 aliphatic heterocycles. The van der Waals surface area contributed by atoms with Crippen LogP contribution < -0.4 is 5.32 Å². The lowest BCUT2D eigenvalue weighted by Gasteiger charge is -2.07. The Labute approximate surface area is 141 Å². The number of furan rings is 1. The summed E-state index contributed by atoms with van der Waals surface area (Å²) in [6.07, 6.45) is 0. The van der Waals surface area contributed by atoms with Crippen molar-refractivity contribution in [2.45, 2.75) is 34.2 Å². The Hall–Kier alpha value is -2.82. The van der Waals surface area contributed by atoms with Crippen molar-refractivity contribution >= 4 is 5.91 Å². The van der Waals surface area contributed by atoms with Gasteiger partial charge in [-0.3, -0.25) is 4.79 Å². The average molecular weight is 323 g/mol. The molecule has 24 heavy (non-hydrogen) atoms. The van der Waals surface area contributed by atoms with E-state index in [1.807, 2.05) is 55.8 Å². The van der Waals surface area contributed by atoms with Gasteiger partial charge in [0.2, 0.25) is 0 Å². The van der Waals surface area contributed by atoms with Gasteiger partial charge in [-0.1, -0.05) is 18.2 Å². The molecule has 0 radical (unpaired) electrons. The molecule has 3 rings (SSSR count). The van der Waals surface area contributed by atoms with E-state index >= 15 is 0 Å². The molecule has 0 unspecified atom stereocenters. The highest BCUT2D eigenvalue weighted by Crippen LogP contribution is 2.18. The highest BCUT2D eigenvalue weighted by molar-refractivity contribution is 5.95. The molecule has 0 saturated carbocycles. The van der Waals surface area contributed by atoms with Crippen LogP contribution in [0.25, 0.3) is 5.69 Å². The molecule has 2 aromatic heterocycles. The molecule has 124 valence electrons. The quantitative estimate of drug-likeness (QED) is 0.797. The molecule has 1 amide bonds. The number of nitrogens with zero attached hydrogens (tertiary/aromatic N) is 2. The van der Waals surface area contributed by atoms with Gasteiger partial charge < -0.3 is 9.73 Å². The highest BCUT2D eigenvalue weighted by atomic mass is 16.3. The fraction of sp³-hybridized carbons (Fsp3) is 0.263. The number of carbonyl (C=O) groups is 1. The van der Waals surface area contributed by atoms with Crippen LogP contribution in [0.5, 0.6) is 0 Å². The van der Waals surface area contributed by atoms with Gasteiger partial charge in [0, 0.05) is 17.8 Å². The first-order valence-corrected chi connectivity index (χ1v) is 7.93. The highest BCUT2D eigenvalue weighted by Gasteiger charge is 2.16. The average Bonchev–Trinajstić information content (AvgIpc) is 3.05. The number of aryl methyl sites for hydroxylation is 3. The minimum atomic E-state index is -0.129. The predicted octanol–water partition coefficient (Wildman–Crippen LogP) is 3.63. The molecule has 0 aliphatic carbocycles. The van der Waals surface area contributed by atoms with Crippen molar-refractivity contribution in [3.63, 3.8) is 0 Å². The molecular weight excluding hydrogens is 302 g/mol. The number of hydrogen-bond donors (Lipinski definition) is 1. The summed E-state index contributed by atoms with van der Waals surface area (Å²) >= 11 is 0. The number of aromatic nitrogens is 2. The summed E-state index contributed by atoms with van der Waals surface area (Å²) < 4.78 is 7.33. The molecular formula is C19H21N3O2. The Bertz CT molecular complexity index is 876. The number of carbonyl (C=O) groups excluding carboxylic acids is 1. The van der Waals surface area contributed by atoms with E-state index in [2.05, 4.69) is 10.4 Å². The standard InChI is InChI=1S/C19H21N3O2/c1-12-10-17(15(4)24-12)19(23)20-11-18-13(2)21-22(14(18)3)16-8-6-5-7-9-16/h5-10H,11H2,1-4H3,(H,20,23). The SMILES string of the molecule is Cc1cc(C(=O)NCc2c(C)nn(-c3ccccc3)c2C)c(C)o1. The van der Waals surface area contributed by atoms with Crippen LogP contribution in [0.2, 0.25) is 0 Å². The van der Waals surface area contributed by atoms with Crippen molar-refractivity contribution in [1.82, 2.24) is 15.1 Å². The molecule has 2 heterocycles. The van der Waals surface area contributed by atoms with Crippen molar-refractivity contribution in [3.05, 3.63) is 70.4 Å². The zero-order chi connectivity index (χ0) is 17.3. The van der Waals surface area contributed by atoms with Crippen LogP contribution in [0.1, 0.15) is 38.8 Å². The van der Waals surface area contributed by atoms with E-state index in [0.717, 1.165) is 28.4 Å². The number of benzene rings is 1. The zero-order valence-electron chi connectivity index (χ0n) is 14.4. The summed E-state index contributed by atoms with van der Waals surface area (Å²) in [5.74, 6) is 1.25. The van der Waals surface area contributed by atoms with Gasteiger partial charge in [-0.15, -0.1) is 0 Å². The topological polar surface area (TPSA) is 60.1 Å². The molecule has 1 aromatic carbocycles. The van der Waals surface area contributed by atoms with Crippen LogP contribution in [0, 0.1) is 27.7 Å². The first kappa shape index (κ1) is 16.1. The first-order chi connectivity index (χ1) is 11.5. The van der Waals surface area contributed by atoms with E-state index in [4.69, 9.17) is 4.42 Å². The predicted molar refractivity (Wildman–Crippen MR) is 92.4 cm³/mol. The van der Waals surface area contributed by atoms with Crippen LogP contribution in [-0.2, 0) is 6.54 Å². The molecule has 3 aromatic rings. The number of hydrogen-bond acceptors (Lipinski definition) is 3. The van der Waals surface area contributed by atoms with Crippen LogP contribution in [0.3, 0.4) is 0 Å². The fourth-order valence-electron chi connectivity index (χ4n) is 2.87. The van der Waals surface area contributed by atoms with Crippen LogP contribution in [-0.4, -0.2) is 15.7 Å². The Morgan fingerprint density at radius 3 is 2.50 bits per heavy atom. The van der Waals surface area contributed by atoms with Crippen LogP contribution in [0.15, 0.2) is 40.8 Å². The Balaban J connectivity index is 1.80. The van der Waals surface area contributed by atoms with Crippen molar-refractivity contribution in [3.8, 4) is 5.69 Å². The van der Waals surface area contributed by atoms with E-state index in [1.165, 1.54) is 0 Å². The first-order valence-electron chi connectivity index (χ1n) is 7.93. The monoisotopic (exact) mass is 323 g/mol. The number of amides is 1. The van der Waals surface area contributed by atoms with Crippen molar-refractivity contribution in [2.75, 3.05) is 0 Å². The number of nitrogens with one attached hydrogen (secondary N) is 1. The lowest BCUT2D eigenvalue weighted by atomic mass is 10.1. The van der Waals surface area contributed by atoms with Crippen molar-refractivity contribution < 1.29 is 9.21 Å². The van der Waals surface area contributed by atoms with Crippen LogP contribution in [0.4, 0.5) is 0 Å². The van der Waals surface area contributed by atoms with Gasteiger partial charge in [0.05, 0.1) is 16.9 Å². The fourth-order valence-corrected chi connectivity index (χ4v) is 2.87. The third-order valence-electron chi connectivity index (χ3n) is 4.15. The molecule has 5 heteroatoms. The van der Waals surface area contributed by atoms with E-state index in [9.17, 15) is 4.79 Å². The summed E-state index contributed by atoms with van der Waals surface area (Å²) in [6.45, 7) is 8.05. The van der Waals surface area contributed by atoms with E-state index in [0.29, 0.717) is 17.9 Å². The maximum Gasteiger partial charge on any atom is 0.255 e. The van der Waals surface area contributed by atoms with Crippen LogP contribution >= 0.6 is 0 Å². The second kappa shape index (κ2) is 6.35. The van der Waals surface area contributed by atoms with Gasteiger partial charge in [-0.2, -0.15) is 5.10 Å². The smallest absolute Gasteiger partial charge is 0.255 e. The van der Waals surface area contributed by atoms with Gasteiger partial charge in [0.25, 0.3) is 5.91 Å². The third-order valence-corrected chi connectivity index (χ3v) is 4.15. The Morgan fingerprint density at radius 2 is 1.88 bits per heavy atom. The zero-order valence-corrected chi connectivity index (χ0v) is 14.4. The summed E-state index contributed by atoms with van der Waals surface area (Å²) in [4.78, 5) is 12.4. The van der Waals surface area contributed by atoms with Gasteiger partial charge in [0.1, 0.15) is 11.5 Å². The van der Waals surface area contributed by atoms with Crippen molar-refractivity contribution in [2.24, 2.45) is 0 Å². The van der Waals surface area contributed by atoms with Crippen molar-refractivity contribution in [1.29, 1.82) is 0 Å². The summed E-state index contributed by atoms with van der Waals surface area (Å²) in [7, 11) is 0. The van der Waals surface area contributed by atoms with Gasteiger partial charge in [-0.25, -0.2) is 4.68 Å². The summed E-state index contributed by atoms with van der Waals surface area (Å²) in [5, 5.41) is 7.56. The molecule has 0 fully saturated rings. The largest absolute Gasteiger partial charge is 0.466 e. The number of rotatable bonds is 4. The van der Waals surface area contributed by atoms with E-state index in [-0.39, 0.29) is 5.91 Å². The van der Waals surface area contributed by atoms with Gasteiger partial charge >= 0.3 is 0 Å². The maximum atomic E-state index is 12.4. The van der Waals surface area contributed by atoms with Gasteiger partial charge in [0.15, 0.2) is 0 Å². The third kappa shape index (κ3) is 2.97. The minimum absolute atomic E-state index is 0.129. The number of para-hydroxylation sites is 1. The lowest BCUT2D eigenvalue weighted by Crippen LogP contribution is -2.23. The van der Waals surface area contributed by atoms with E-state index in [1.54, 1.807) is 13.0 Å². The molecule has 0 saturated heterocycles. The molecule has 1 N–H and O–H groups in total. The lowest BCUT2D eigenvalue weighted by molar-refractivity contribution is 0.0949.